The van der Waals surface area contributed by atoms with Gasteiger partial charge in [-0.25, -0.2) is 0 Å². The molecule has 1 N–H and O–H groups in total. The fourth-order valence-electron chi connectivity index (χ4n) is 3.07. The topological polar surface area (TPSA) is 52.2 Å². The molecule has 1 aliphatic carbocycles. The first kappa shape index (κ1) is 11.6. The SMILES string of the molecule is Cc1cc(Cl)cc2c1N[C@H](C(=O)[O-])[C@@H]1CC=C[C@H]21. The van der Waals surface area contributed by atoms with Crippen molar-refractivity contribution < 1.29 is 9.90 Å². The third kappa shape index (κ3) is 1.62. The zero-order valence-corrected chi connectivity index (χ0v) is 10.7. The number of aliphatic carboxylic acids is 1. The van der Waals surface area contributed by atoms with Gasteiger partial charge in [-0.1, -0.05) is 23.8 Å². The van der Waals surface area contributed by atoms with Gasteiger partial charge >= 0.3 is 0 Å². The molecule has 0 bridgehead atoms. The van der Waals surface area contributed by atoms with Crippen LogP contribution in [-0.4, -0.2) is 12.0 Å². The number of allylic oxidation sites excluding steroid dienone is 2. The molecule has 1 aromatic rings. The van der Waals surface area contributed by atoms with Crippen LogP contribution in [0.4, 0.5) is 5.69 Å². The molecular formula is C14H13ClNO2-. The van der Waals surface area contributed by atoms with E-state index in [1.54, 1.807) is 0 Å². The van der Waals surface area contributed by atoms with Crippen molar-refractivity contribution in [2.45, 2.75) is 25.3 Å². The molecule has 2 aliphatic rings. The van der Waals surface area contributed by atoms with E-state index >= 15 is 0 Å². The van der Waals surface area contributed by atoms with Crippen LogP contribution >= 0.6 is 11.6 Å². The number of rotatable bonds is 1. The molecule has 3 rings (SSSR count). The van der Waals surface area contributed by atoms with Gasteiger partial charge < -0.3 is 15.2 Å². The first-order chi connectivity index (χ1) is 8.58. The van der Waals surface area contributed by atoms with E-state index in [-0.39, 0.29) is 11.8 Å². The van der Waals surface area contributed by atoms with E-state index in [9.17, 15) is 9.90 Å². The highest BCUT2D eigenvalue weighted by Crippen LogP contribution is 2.46. The van der Waals surface area contributed by atoms with E-state index in [0.29, 0.717) is 5.02 Å². The van der Waals surface area contributed by atoms with E-state index in [1.165, 1.54) is 0 Å². The normalized spacial score (nSPS) is 28.4. The van der Waals surface area contributed by atoms with Crippen molar-refractivity contribution in [2.75, 3.05) is 5.32 Å². The minimum Gasteiger partial charge on any atom is -0.548 e. The van der Waals surface area contributed by atoms with Crippen molar-refractivity contribution in [1.29, 1.82) is 0 Å². The second-order valence-corrected chi connectivity index (χ2v) is 5.42. The van der Waals surface area contributed by atoms with Gasteiger partial charge in [-0.2, -0.15) is 0 Å². The number of carboxylic acids is 1. The van der Waals surface area contributed by atoms with Crippen LogP contribution in [0.25, 0.3) is 0 Å². The molecule has 0 radical (unpaired) electrons. The Balaban J connectivity index is 2.14. The van der Waals surface area contributed by atoms with Crippen LogP contribution in [0, 0.1) is 12.8 Å². The van der Waals surface area contributed by atoms with E-state index in [2.05, 4.69) is 11.4 Å². The van der Waals surface area contributed by atoms with Crippen LogP contribution in [0.2, 0.25) is 5.02 Å². The first-order valence-electron chi connectivity index (χ1n) is 6.02. The van der Waals surface area contributed by atoms with E-state index in [1.807, 2.05) is 25.1 Å². The van der Waals surface area contributed by atoms with Gasteiger partial charge in [-0.05, 0) is 42.5 Å². The van der Waals surface area contributed by atoms with Gasteiger partial charge in [0.2, 0.25) is 0 Å². The molecule has 4 heteroatoms. The first-order valence-corrected chi connectivity index (χ1v) is 6.40. The van der Waals surface area contributed by atoms with Crippen molar-refractivity contribution in [3.05, 3.63) is 40.4 Å². The summed E-state index contributed by atoms with van der Waals surface area (Å²) in [4.78, 5) is 11.3. The van der Waals surface area contributed by atoms with Crippen molar-refractivity contribution >= 4 is 23.3 Å². The summed E-state index contributed by atoms with van der Waals surface area (Å²) in [5.41, 5.74) is 2.96. The highest BCUT2D eigenvalue weighted by Gasteiger charge is 2.38. The Hall–Kier alpha value is -1.48. The molecule has 0 spiro atoms. The molecule has 1 heterocycles. The van der Waals surface area contributed by atoms with Crippen LogP contribution in [0.1, 0.15) is 23.5 Å². The molecule has 1 aliphatic heterocycles. The molecule has 94 valence electrons. The quantitative estimate of drug-likeness (QED) is 0.786. The Morgan fingerprint density at radius 1 is 1.50 bits per heavy atom. The molecule has 0 amide bonds. The molecular weight excluding hydrogens is 250 g/mol. The lowest BCUT2D eigenvalue weighted by atomic mass is 9.78. The number of fused-ring (bicyclic) bond motifs is 3. The number of halogens is 1. The highest BCUT2D eigenvalue weighted by atomic mass is 35.5. The standard InChI is InChI=1S/C14H14ClNO2/c1-7-5-8(15)6-11-9-3-2-4-10(9)13(14(17)18)16-12(7)11/h2-3,5-6,9-10,13,16H,4H2,1H3,(H,17,18)/p-1/t9-,10+,13-/m0/s1. The number of aryl methyl sites for hydroxylation is 1. The molecule has 3 nitrogen and oxygen atoms in total. The monoisotopic (exact) mass is 262 g/mol. The number of carbonyl (C=O) groups is 1. The molecule has 1 aromatic carbocycles. The predicted octanol–water partition coefficient (Wildman–Crippen LogP) is 1.85. The van der Waals surface area contributed by atoms with Gasteiger partial charge in [-0.15, -0.1) is 0 Å². The van der Waals surface area contributed by atoms with Crippen molar-refractivity contribution in [3.63, 3.8) is 0 Å². The Morgan fingerprint density at radius 2 is 2.28 bits per heavy atom. The van der Waals surface area contributed by atoms with Crippen molar-refractivity contribution in [2.24, 2.45) is 5.92 Å². The zero-order chi connectivity index (χ0) is 12.9. The molecule has 18 heavy (non-hydrogen) atoms. The maximum Gasteiger partial charge on any atom is 0.0698 e. The van der Waals surface area contributed by atoms with Crippen LogP contribution < -0.4 is 10.4 Å². The molecule has 0 saturated heterocycles. The number of anilines is 1. The lowest BCUT2D eigenvalue weighted by molar-refractivity contribution is -0.308. The zero-order valence-electron chi connectivity index (χ0n) is 9.94. The van der Waals surface area contributed by atoms with E-state index < -0.39 is 12.0 Å². The second-order valence-electron chi connectivity index (χ2n) is 4.98. The summed E-state index contributed by atoms with van der Waals surface area (Å²) in [5, 5.41) is 15.1. The molecule has 0 aromatic heterocycles. The summed E-state index contributed by atoms with van der Waals surface area (Å²) in [7, 11) is 0. The van der Waals surface area contributed by atoms with E-state index in [4.69, 9.17) is 11.6 Å². The van der Waals surface area contributed by atoms with E-state index in [0.717, 1.165) is 23.2 Å². The minimum absolute atomic E-state index is 0.0281. The number of carboxylic acid groups (broad SMARTS) is 1. The average molecular weight is 263 g/mol. The fraction of sp³-hybridized carbons (Fsp3) is 0.357. The Labute approximate surface area is 110 Å². The van der Waals surface area contributed by atoms with Crippen molar-refractivity contribution in [3.8, 4) is 0 Å². The Bertz CT molecular complexity index is 553. The molecule has 0 saturated carbocycles. The summed E-state index contributed by atoms with van der Waals surface area (Å²) in [6.45, 7) is 1.93. The van der Waals surface area contributed by atoms with Crippen LogP contribution in [0.15, 0.2) is 24.3 Å². The minimum atomic E-state index is -1.03. The van der Waals surface area contributed by atoms with Gasteiger partial charge in [0.25, 0.3) is 0 Å². The lowest BCUT2D eigenvalue weighted by Gasteiger charge is -2.38. The maximum absolute atomic E-state index is 11.3. The van der Waals surface area contributed by atoms with Gasteiger partial charge in [0.1, 0.15) is 0 Å². The van der Waals surface area contributed by atoms with Gasteiger partial charge in [0, 0.05) is 16.6 Å². The Morgan fingerprint density at radius 3 is 3.00 bits per heavy atom. The lowest BCUT2D eigenvalue weighted by Crippen LogP contribution is -2.49. The number of nitrogens with one attached hydrogen (secondary N) is 1. The Kier molecular flexibility index (Phi) is 2.59. The largest absolute Gasteiger partial charge is 0.548 e. The number of hydrogen-bond donors (Lipinski definition) is 1. The van der Waals surface area contributed by atoms with Gasteiger partial charge in [-0.3, -0.25) is 0 Å². The third-order valence-corrected chi connectivity index (χ3v) is 4.10. The summed E-state index contributed by atoms with van der Waals surface area (Å²) in [6, 6.07) is 3.14. The number of hydrogen-bond acceptors (Lipinski definition) is 3. The molecule has 0 unspecified atom stereocenters. The third-order valence-electron chi connectivity index (χ3n) is 3.88. The molecule has 3 atom stereocenters. The predicted molar refractivity (Wildman–Crippen MR) is 68.6 cm³/mol. The second kappa shape index (κ2) is 4.02. The molecule has 0 fully saturated rings. The number of benzene rings is 1. The summed E-state index contributed by atoms with van der Waals surface area (Å²) < 4.78 is 0. The van der Waals surface area contributed by atoms with Gasteiger partial charge in [0.05, 0.1) is 12.0 Å². The van der Waals surface area contributed by atoms with Crippen LogP contribution in [0.3, 0.4) is 0 Å². The summed E-state index contributed by atoms with van der Waals surface area (Å²) in [6.07, 6.45) is 4.88. The summed E-state index contributed by atoms with van der Waals surface area (Å²) in [5.74, 6) is -0.879. The van der Waals surface area contributed by atoms with Gasteiger partial charge in [0.15, 0.2) is 0 Å². The van der Waals surface area contributed by atoms with Crippen molar-refractivity contribution in [1.82, 2.24) is 0 Å². The number of carbonyl (C=O) groups excluding carboxylic acids is 1. The highest BCUT2D eigenvalue weighted by molar-refractivity contribution is 6.30. The summed E-state index contributed by atoms with van der Waals surface area (Å²) >= 11 is 6.09. The fourth-order valence-corrected chi connectivity index (χ4v) is 3.36. The average Bonchev–Trinajstić information content (AvgIpc) is 2.76. The maximum atomic E-state index is 11.3. The van der Waals surface area contributed by atoms with Crippen LogP contribution in [-0.2, 0) is 4.79 Å². The smallest absolute Gasteiger partial charge is 0.0698 e. The van der Waals surface area contributed by atoms with Crippen LogP contribution in [0.5, 0.6) is 0 Å².